The molecule has 0 radical (unpaired) electrons. The molecule has 0 aliphatic heterocycles. The zero-order chi connectivity index (χ0) is 18.1. The van der Waals surface area contributed by atoms with Gasteiger partial charge in [-0.15, -0.1) is 0 Å². The first kappa shape index (κ1) is 18.9. The summed E-state index contributed by atoms with van der Waals surface area (Å²) < 4.78 is 4.93. The molecule has 2 amide bonds. The number of aliphatic carboxylic acids is 2. The first-order chi connectivity index (χ1) is 11.3. The highest BCUT2D eigenvalue weighted by Crippen LogP contribution is 2.01. The third-order valence-corrected chi connectivity index (χ3v) is 2.93. The highest BCUT2D eigenvalue weighted by Gasteiger charge is 2.26. The first-order valence-electron chi connectivity index (χ1n) is 7.01. The van der Waals surface area contributed by atoms with Gasteiger partial charge < -0.3 is 25.6 Å². The number of nitrogens with one attached hydrogen (secondary N) is 2. The van der Waals surface area contributed by atoms with Crippen molar-refractivity contribution in [3.05, 3.63) is 35.9 Å². The predicted octanol–water partition coefficient (Wildman–Crippen LogP) is 0.345. The third-order valence-electron chi connectivity index (χ3n) is 2.93. The Labute approximate surface area is 137 Å². The molecule has 2 unspecified atom stereocenters. The topological polar surface area (TPSA) is 142 Å². The maximum atomic E-state index is 11.8. The van der Waals surface area contributed by atoms with Crippen LogP contribution in [0.15, 0.2) is 30.3 Å². The van der Waals surface area contributed by atoms with Crippen LogP contribution in [0.25, 0.3) is 0 Å². The normalized spacial score (nSPS) is 12.5. The summed E-state index contributed by atoms with van der Waals surface area (Å²) in [6.07, 6.45) is -1.63. The standard InChI is InChI=1S/C15H18N2O7/c1-9(13(20)17-11(14(21)22)7-12(18)19)16-15(23)24-8-10-5-3-2-4-6-10/h2-6,9,11H,7-8H2,1H3,(H,16,23)(H,17,20)(H,18,19)(H,21,22). The van der Waals surface area contributed by atoms with Crippen molar-refractivity contribution in [2.75, 3.05) is 0 Å². The van der Waals surface area contributed by atoms with Crippen LogP contribution in [0, 0.1) is 0 Å². The quantitative estimate of drug-likeness (QED) is 0.535. The SMILES string of the molecule is CC(NC(=O)OCc1ccccc1)C(=O)NC(CC(=O)O)C(=O)O. The zero-order valence-electron chi connectivity index (χ0n) is 12.9. The molecule has 0 aromatic heterocycles. The van der Waals surface area contributed by atoms with Crippen molar-refractivity contribution in [1.29, 1.82) is 0 Å². The number of amides is 2. The van der Waals surface area contributed by atoms with E-state index in [0.717, 1.165) is 5.56 Å². The summed E-state index contributed by atoms with van der Waals surface area (Å²) in [4.78, 5) is 44.9. The molecule has 9 nitrogen and oxygen atoms in total. The number of ether oxygens (including phenoxy) is 1. The minimum atomic E-state index is -1.58. The van der Waals surface area contributed by atoms with Gasteiger partial charge in [-0.3, -0.25) is 9.59 Å². The molecule has 2 atom stereocenters. The number of carbonyl (C=O) groups is 4. The number of carbonyl (C=O) groups excluding carboxylic acids is 2. The van der Waals surface area contributed by atoms with E-state index in [9.17, 15) is 19.2 Å². The Bertz CT molecular complexity index is 603. The maximum Gasteiger partial charge on any atom is 0.408 e. The smallest absolute Gasteiger partial charge is 0.408 e. The van der Waals surface area contributed by atoms with E-state index in [2.05, 4.69) is 5.32 Å². The van der Waals surface area contributed by atoms with Gasteiger partial charge in [0.1, 0.15) is 18.7 Å². The summed E-state index contributed by atoms with van der Waals surface area (Å²) in [5, 5.41) is 21.7. The number of hydrogen-bond donors (Lipinski definition) is 4. The Morgan fingerprint density at radius 1 is 1.08 bits per heavy atom. The molecular formula is C15H18N2O7. The lowest BCUT2D eigenvalue weighted by molar-refractivity contribution is -0.147. The van der Waals surface area contributed by atoms with Crippen LogP contribution in [-0.4, -0.2) is 46.2 Å². The lowest BCUT2D eigenvalue weighted by atomic mass is 10.2. The Hall–Kier alpha value is -3.10. The number of carboxylic acid groups (broad SMARTS) is 2. The van der Waals surface area contributed by atoms with E-state index in [1.165, 1.54) is 6.92 Å². The van der Waals surface area contributed by atoms with Crippen LogP contribution in [0.4, 0.5) is 4.79 Å². The Kier molecular flexibility index (Phi) is 7.21. The summed E-state index contributed by atoms with van der Waals surface area (Å²) in [6, 6.07) is 6.21. The lowest BCUT2D eigenvalue weighted by Gasteiger charge is -2.17. The number of alkyl carbamates (subject to hydrolysis) is 1. The van der Waals surface area contributed by atoms with Crippen molar-refractivity contribution in [3.63, 3.8) is 0 Å². The second-order valence-corrected chi connectivity index (χ2v) is 4.93. The van der Waals surface area contributed by atoms with E-state index in [0.29, 0.717) is 0 Å². The molecule has 4 N–H and O–H groups in total. The van der Waals surface area contributed by atoms with Crippen LogP contribution in [-0.2, 0) is 25.7 Å². The van der Waals surface area contributed by atoms with Gasteiger partial charge in [-0.05, 0) is 12.5 Å². The minimum Gasteiger partial charge on any atom is -0.481 e. The summed E-state index contributed by atoms with van der Waals surface area (Å²) >= 11 is 0. The van der Waals surface area contributed by atoms with Crippen molar-refractivity contribution in [2.45, 2.75) is 32.0 Å². The summed E-state index contributed by atoms with van der Waals surface area (Å²) in [7, 11) is 0. The van der Waals surface area contributed by atoms with Gasteiger partial charge in [0.15, 0.2) is 0 Å². The number of hydrogen-bond acceptors (Lipinski definition) is 5. The van der Waals surface area contributed by atoms with E-state index in [1.807, 2.05) is 11.4 Å². The molecule has 0 saturated heterocycles. The van der Waals surface area contributed by atoms with Crippen LogP contribution in [0.3, 0.4) is 0 Å². The Morgan fingerprint density at radius 3 is 2.25 bits per heavy atom. The summed E-state index contributed by atoms with van der Waals surface area (Å²) in [6.45, 7) is 1.33. The molecule has 24 heavy (non-hydrogen) atoms. The van der Waals surface area contributed by atoms with Crippen LogP contribution in [0.1, 0.15) is 18.9 Å². The molecule has 0 saturated carbocycles. The van der Waals surface area contributed by atoms with Crippen LogP contribution < -0.4 is 10.6 Å². The highest BCUT2D eigenvalue weighted by molar-refractivity contribution is 5.90. The molecule has 0 aliphatic carbocycles. The second kappa shape index (κ2) is 9.13. The van der Waals surface area contributed by atoms with E-state index < -0.39 is 42.4 Å². The van der Waals surface area contributed by atoms with E-state index in [-0.39, 0.29) is 6.61 Å². The fraction of sp³-hybridized carbons (Fsp3) is 0.333. The van der Waals surface area contributed by atoms with Crippen molar-refractivity contribution in [1.82, 2.24) is 10.6 Å². The van der Waals surface area contributed by atoms with Gasteiger partial charge in [-0.2, -0.15) is 0 Å². The summed E-state index contributed by atoms with van der Waals surface area (Å²) in [5.41, 5.74) is 0.761. The average Bonchev–Trinajstić information content (AvgIpc) is 2.52. The van der Waals surface area contributed by atoms with Crippen LogP contribution >= 0.6 is 0 Å². The molecule has 0 bridgehead atoms. The van der Waals surface area contributed by atoms with Crippen LogP contribution in [0.2, 0.25) is 0 Å². The monoisotopic (exact) mass is 338 g/mol. The van der Waals surface area contributed by atoms with E-state index in [1.54, 1.807) is 24.3 Å². The molecule has 1 aromatic rings. The van der Waals surface area contributed by atoms with Crippen molar-refractivity contribution < 1.29 is 34.1 Å². The Morgan fingerprint density at radius 2 is 1.71 bits per heavy atom. The molecule has 0 fully saturated rings. The number of benzene rings is 1. The van der Waals surface area contributed by atoms with Crippen molar-refractivity contribution in [3.8, 4) is 0 Å². The van der Waals surface area contributed by atoms with Gasteiger partial charge in [-0.25, -0.2) is 9.59 Å². The van der Waals surface area contributed by atoms with Crippen LogP contribution in [0.5, 0.6) is 0 Å². The molecule has 0 spiro atoms. The zero-order valence-corrected chi connectivity index (χ0v) is 12.9. The van der Waals surface area contributed by atoms with E-state index >= 15 is 0 Å². The maximum absolute atomic E-state index is 11.8. The Balaban J connectivity index is 2.45. The first-order valence-corrected chi connectivity index (χ1v) is 7.01. The number of carboxylic acids is 2. The molecule has 1 aromatic carbocycles. The van der Waals surface area contributed by atoms with E-state index in [4.69, 9.17) is 14.9 Å². The van der Waals surface area contributed by atoms with Crippen molar-refractivity contribution in [2.24, 2.45) is 0 Å². The van der Waals surface area contributed by atoms with Gasteiger partial charge >= 0.3 is 18.0 Å². The lowest BCUT2D eigenvalue weighted by Crippen LogP contribution is -2.51. The minimum absolute atomic E-state index is 0.0117. The number of rotatable bonds is 8. The fourth-order valence-corrected chi connectivity index (χ4v) is 1.68. The van der Waals surface area contributed by atoms with Gasteiger partial charge in [0, 0.05) is 0 Å². The molecule has 9 heteroatoms. The largest absolute Gasteiger partial charge is 0.481 e. The fourth-order valence-electron chi connectivity index (χ4n) is 1.68. The van der Waals surface area contributed by atoms with Gasteiger partial charge in [0.05, 0.1) is 6.42 Å². The third kappa shape index (κ3) is 6.77. The molecule has 130 valence electrons. The molecule has 0 aliphatic rings. The molecule has 0 heterocycles. The second-order valence-electron chi connectivity index (χ2n) is 4.93. The summed E-state index contributed by atoms with van der Waals surface area (Å²) in [5.74, 6) is -3.68. The molecular weight excluding hydrogens is 320 g/mol. The van der Waals surface area contributed by atoms with Crippen molar-refractivity contribution >= 4 is 23.9 Å². The van der Waals surface area contributed by atoms with Gasteiger partial charge in [0.25, 0.3) is 0 Å². The van der Waals surface area contributed by atoms with Gasteiger partial charge in [0.2, 0.25) is 5.91 Å². The van der Waals surface area contributed by atoms with Gasteiger partial charge in [-0.1, -0.05) is 30.3 Å². The average molecular weight is 338 g/mol. The highest BCUT2D eigenvalue weighted by atomic mass is 16.5. The predicted molar refractivity (Wildman–Crippen MR) is 81.0 cm³/mol. The molecule has 1 rings (SSSR count).